The van der Waals surface area contributed by atoms with Crippen molar-refractivity contribution in [1.29, 1.82) is 0 Å². The highest BCUT2D eigenvalue weighted by Gasteiger charge is 2.30. The number of aromatic nitrogens is 2. The van der Waals surface area contributed by atoms with Gasteiger partial charge in [-0.1, -0.05) is 17.3 Å². The topological polar surface area (TPSA) is 94.0 Å². The third-order valence-corrected chi connectivity index (χ3v) is 3.02. The molecule has 100 valence electrons. The first-order valence-electron chi connectivity index (χ1n) is 5.87. The molecule has 0 spiro atoms. The monoisotopic (exact) mass is 260 g/mol. The summed E-state index contributed by atoms with van der Waals surface area (Å²) in [7, 11) is 1.52. The average Bonchev–Trinajstić information content (AvgIpc) is 2.88. The molecule has 0 aliphatic heterocycles. The van der Waals surface area contributed by atoms with Crippen LogP contribution in [0.15, 0.2) is 28.8 Å². The summed E-state index contributed by atoms with van der Waals surface area (Å²) in [5.74, 6) is 0.0417. The SMILES string of the molecule is CNC(=O)c1noc(C(C)(C)c2ccc(N)cc2)n1. The van der Waals surface area contributed by atoms with Gasteiger partial charge in [0.2, 0.25) is 5.89 Å². The highest BCUT2D eigenvalue weighted by molar-refractivity contribution is 5.89. The summed E-state index contributed by atoms with van der Waals surface area (Å²) >= 11 is 0. The summed E-state index contributed by atoms with van der Waals surface area (Å²) in [6.07, 6.45) is 0. The summed E-state index contributed by atoms with van der Waals surface area (Å²) in [6, 6.07) is 7.43. The van der Waals surface area contributed by atoms with E-state index in [1.54, 1.807) is 0 Å². The maximum absolute atomic E-state index is 11.4. The van der Waals surface area contributed by atoms with Gasteiger partial charge in [-0.2, -0.15) is 4.98 Å². The minimum atomic E-state index is -0.493. The van der Waals surface area contributed by atoms with Gasteiger partial charge in [0.05, 0.1) is 5.41 Å². The molecule has 3 N–H and O–H groups in total. The molecule has 0 saturated heterocycles. The number of hydrogen-bond acceptors (Lipinski definition) is 5. The largest absolute Gasteiger partial charge is 0.399 e. The van der Waals surface area contributed by atoms with Crippen LogP contribution in [0.5, 0.6) is 0 Å². The number of anilines is 1. The van der Waals surface area contributed by atoms with Crippen molar-refractivity contribution < 1.29 is 9.32 Å². The standard InChI is InChI=1S/C13H16N4O2/c1-13(2,8-4-6-9(14)7-5-8)12-16-10(17-19-12)11(18)15-3/h4-7H,14H2,1-3H3,(H,15,18). The maximum Gasteiger partial charge on any atom is 0.292 e. The third kappa shape index (κ3) is 2.42. The van der Waals surface area contributed by atoms with Crippen molar-refractivity contribution in [1.82, 2.24) is 15.5 Å². The van der Waals surface area contributed by atoms with Crippen LogP contribution in [0.2, 0.25) is 0 Å². The Morgan fingerprint density at radius 3 is 2.53 bits per heavy atom. The van der Waals surface area contributed by atoms with Crippen LogP contribution in [0.25, 0.3) is 0 Å². The van der Waals surface area contributed by atoms with Crippen molar-refractivity contribution in [3.05, 3.63) is 41.5 Å². The van der Waals surface area contributed by atoms with E-state index < -0.39 is 5.41 Å². The Hall–Kier alpha value is -2.37. The minimum Gasteiger partial charge on any atom is -0.399 e. The lowest BCUT2D eigenvalue weighted by molar-refractivity contribution is 0.0950. The van der Waals surface area contributed by atoms with Crippen molar-refractivity contribution in [2.45, 2.75) is 19.3 Å². The van der Waals surface area contributed by atoms with Crippen molar-refractivity contribution in [3.8, 4) is 0 Å². The van der Waals surface area contributed by atoms with E-state index in [2.05, 4.69) is 15.5 Å². The zero-order valence-electron chi connectivity index (χ0n) is 11.1. The normalized spacial score (nSPS) is 11.3. The van der Waals surface area contributed by atoms with Gasteiger partial charge in [0.25, 0.3) is 11.7 Å². The predicted molar refractivity (Wildman–Crippen MR) is 70.7 cm³/mol. The Morgan fingerprint density at radius 2 is 1.95 bits per heavy atom. The fourth-order valence-corrected chi connectivity index (χ4v) is 1.70. The summed E-state index contributed by atoms with van der Waals surface area (Å²) in [6.45, 7) is 3.89. The Kier molecular flexibility index (Phi) is 3.25. The zero-order valence-corrected chi connectivity index (χ0v) is 11.1. The summed E-state index contributed by atoms with van der Waals surface area (Å²) < 4.78 is 5.18. The molecular weight excluding hydrogens is 244 g/mol. The lowest BCUT2D eigenvalue weighted by Crippen LogP contribution is -2.22. The molecule has 0 aliphatic rings. The van der Waals surface area contributed by atoms with Gasteiger partial charge < -0.3 is 15.6 Å². The van der Waals surface area contributed by atoms with Crippen LogP contribution in [0, 0.1) is 0 Å². The summed E-state index contributed by atoms with van der Waals surface area (Å²) in [4.78, 5) is 15.6. The molecule has 1 aromatic heterocycles. The van der Waals surface area contributed by atoms with Crippen LogP contribution in [0.3, 0.4) is 0 Å². The Labute approximate surface area is 111 Å². The van der Waals surface area contributed by atoms with E-state index >= 15 is 0 Å². The lowest BCUT2D eigenvalue weighted by atomic mass is 9.84. The summed E-state index contributed by atoms with van der Waals surface area (Å²) in [5, 5.41) is 6.13. The van der Waals surface area contributed by atoms with Crippen LogP contribution in [0.4, 0.5) is 5.69 Å². The fourth-order valence-electron chi connectivity index (χ4n) is 1.70. The second kappa shape index (κ2) is 4.72. The Balaban J connectivity index is 2.36. The maximum atomic E-state index is 11.4. The van der Waals surface area contributed by atoms with Gasteiger partial charge in [-0.25, -0.2) is 0 Å². The first-order chi connectivity index (χ1) is 8.95. The molecule has 0 aliphatic carbocycles. The van der Waals surface area contributed by atoms with Crippen LogP contribution < -0.4 is 11.1 Å². The van der Waals surface area contributed by atoms with E-state index in [0.29, 0.717) is 11.6 Å². The van der Waals surface area contributed by atoms with Gasteiger partial charge in [0, 0.05) is 12.7 Å². The number of nitrogens with two attached hydrogens (primary N) is 1. The molecule has 0 unspecified atom stereocenters. The molecule has 0 fully saturated rings. The van der Waals surface area contributed by atoms with Gasteiger partial charge in [-0.15, -0.1) is 0 Å². The number of rotatable bonds is 3. The number of nitrogens with zero attached hydrogens (tertiary/aromatic N) is 2. The minimum absolute atomic E-state index is 0.0287. The van der Waals surface area contributed by atoms with E-state index in [1.807, 2.05) is 38.1 Å². The Morgan fingerprint density at radius 1 is 1.32 bits per heavy atom. The average molecular weight is 260 g/mol. The van der Waals surface area contributed by atoms with E-state index in [9.17, 15) is 4.79 Å². The van der Waals surface area contributed by atoms with E-state index in [4.69, 9.17) is 10.3 Å². The number of hydrogen-bond donors (Lipinski definition) is 2. The van der Waals surface area contributed by atoms with Crippen molar-refractivity contribution in [3.63, 3.8) is 0 Å². The number of nitrogens with one attached hydrogen (secondary N) is 1. The van der Waals surface area contributed by atoms with Crippen LogP contribution >= 0.6 is 0 Å². The van der Waals surface area contributed by atoms with Gasteiger partial charge in [0.15, 0.2) is 0 Å². The highest BCUT2D eigenvalue weighted by atomic mass is 16.5. The molecule has 1 heterocycles. The second-order valence-electron chi connectivity index (χ2n) is 4.75. The van der Waals surface area contributed by atoms with Gasteiger partial charge in [-0.3, -0.25) is 4.79 Å². The van der Waals surface area contributed by atoms with Crippen LogP contribution in [0.1, 0.15) is 35.9 Å². The predicted octanol–water partition coefficient (Wildman–Crippen LogP) is 1.34. The molecule has 2 rings (SSSR count). The van der Waals surface area contributed by atoms with Crippen molar-refractivity contribution in [2.24, 2.45) is 0 Å². The molecular formula is C13H16N4O2. The second-order valence-corrected chi connectivity index (χ2v) is 4.75. The number of carbonyl (C=O) groups excluding carboxylic acids is 1. The first-order valence-corrected chi connectivity index (χ1v) is 5.87. The lowest BCUT2D eigenvalue weighted by Gasteiger charge is -2.20. The fraction of sp³-hybridized carbons (Fsp3) is 0.308. The molecule has 6 nitrogen and oxygen atoms in total. The zero-order chi connectivity index (χ0) is 14.0. The van der Waals surface area contributed by atoms with Gasteiger partial charge in [-0.05, 0) is 31.5 Å². The third-order valence-electron chi connectivity index (χ3n) is 3.02. The molecule has 1 aromatic carbocycles. The van der Waals surface area contributed by atoms with E-state index in [0.717, 1.165) is 5.56 Å². The van der Waals surface area contributed by atoms with E-state index in [1.165, 1.54) is 7.05 Å². The first kappa shape index (κ1) is 13.1. The number of benzene rings is 1. The molecule has 0 saturated carbocycles. The highest BCUT2D eigenvalue weighted by Crippen LogP contribution is 2.30. The summed E-state index contributed by atoms with van der Waals surface area (Å²) in [5.41, 5.74) is 6.84. The smallest absolute Gasteiger partial charge is 0.292 e. The number of carbonyl (C=O) groups is 1. The molecule has 6 heteroatoms. The van der Waals surface area contributed by atoms with Gasteiger partial charge in [0.1, 0.15) is 0 Å². The molecule has 0 radical (unpaired) electrons. The molecule has 0 atom stereocenters. The van der Waals surface area contributed by atoms with E-state index in [-0.39, 0.29) is 11.7 Å². The van der Waals surface area contributed by atoms with Crippen LogP contribution in [-0.2, 0) is 5.41 Å². The Bertz CT molecular complexity index is 587. The number of nitrogen functional groups attached to an aromatic ring is 1. The molecule has 19 heavy (non-hydrogen) atoms. The molecule has 2 aromatic rings. The van der Waals surface area contributed by atoms with Crippen molar-refractivity contribution >= 4 is 11.6 Å². The molecule has 1 amide bonds. The number of amides is 1. The van der Waals surface area contributed by atoms with Gasteiger partial charge >= 0.3 is 0 Å². The van der Waals surface area contributed by atoms with Crippen molar-refractivity contribution in [2.75, 3.05) is 12.8 Å². The van der Waals surface area contributed by atoms with Crippen LogP contribution in [-0.4, -0.2) is 23.1 Å². The molecule has 0 bridgehead atoms. The quantitative estimate of drug-likeness (QED) is 0.812.